The molecule has 1 aromatic carbocycles. The van der Waals surface area contributed by atoms with Crippen molar-refractivity contribution < 1.29 is 4.79 Å². The first kappa shape index (κ1) is 14.7. The second-order valence-corrected chi connectivity index (χ2v) is 5.16. The number of aromatic amines is 1. The first-order chi connectivity index (χ1) is 12.3. The smallest absolute Gasteiger partial charge is 0.256 e. The van der Waals surface area contributed by atoms with E-state index in [1.807, 2.05) is 12.1 Å². The Morgan fingerprint density at radius 1 is 1.08 bits per heavy atom. The van der Waals surface area contributed by atoms with Gasteiger partial charge in [0.15, 0.2) is 5.82 Å². The zero-order chi connectivity index (χ0) is 17.1. The van der Waals surface area contributed by atoms with Crippen LogP contribution in [0.15, 0.2) is 61.2 Å². The van der Waals surface area contributed by atoms with Gasteiger partial charge in [-0.3, -0.25) is 14.9 Å². The van der Waals surface area contributed by atoms with Crippen LogP contribution in [0.2, 0.25) is 0 Å². The van der Waals surface area contributed by atoms with Gasteiger partial charge in [-0.2, -0.15) is 5.10 Å². The van der Waals surface area contributed by atoms with Crippen LogP contribution in [0.3, 0.4) is 0 Å². The molecule has 0 aliphatic carbocycles. The second kappa shape index (κ2) is 6.32. The summed E-state index contributed by atoms with van der Waals surface area (Å²) < 4.78 is 1.51. The van der Waals surface area contributed by atoms with E-state index in [2.05, 4.69) is 36.0 Å². The lowest BCUT2D eigenvalue weighted by molar-refractivity contribution is 0.102. The minimum Gasteiger partial charge on any atom is -0.305 e. The summed E-state index contributed by atoms with van der Waals surface area (Å²) in [5.74, 6) is 0.192. The van der Waals surface area contributed by atoms with Crippen LogP contribution in [0.1, 0.15) is 10.4 Å². The molecule has 3 heterocycles. The summed E-state index contributed by atoms with van der Waals surface area (Å²) in [6.45, 7) is 0. The quantitative estimate of drug-likeness (QED) is 0.588. The molecule has 9 nitrogen and oxygen atoms in total. The molecule has 3 aromatic heterocycles. The molecule has 0 aliphatic heterocycles. The number of hydrogen-bond acceptors (Lipinski definition) is 6. The molecule has 2 N–H and O–H groups in total. The highest BCUT2D eigenvalue weighted by Gasteiger charge is 2.10. The van der Waals surface area contributed by atoms with Gasteiger partial charge in [-0.15, -0.1) is 5.10 Å². The highest BCUT2D eigenvalue weighted by Crippen LogP contribution is 2.19. The number of nitrogens with zero attached hydrogens (tertiary/aromatic N) is 6. The normalized spacial score (nSPS) is 10.6. The van der Waals surface area contributed by atoms with Crippen molar-refractivity contribution in [3.63, 3.8) is 0 Å². The van der Waals surface area contributed by atoms with E-state index in [0.29, 0.717) is 11.4 Å². The van der Waals surface area contributed by atoms with Gasteiger partial charge in [-0.05, 0) is 46.8 Å². The van der Waals surface area contributed by atoms with Crippen molar-refractivity contribution in [2.75, 3.05) is 5.32 Å². The maximum absolute atomic E-state index is 12.3. The monoisotopic (exact) mass is 332 g/mol. The molecule has 4 aromatic rings. The minimum absolute atomic E-state index is 0.254. The average molecular weight is 332 g/mol. The van der Waals surface area contributed by atoms with Crippen LogP contribution < -0.4 is 5.32 Å². The van der Waals surface area contributed by atoms with Gasteiger partial charge >= 0.3 is 0 Å². The molecule has 0 aliphatic rings. The number of carbonyl (C=O) groups is 1. The Bertz CT molecular complexity index is 977. The number of H-pyrrole nitrogens is 1. The van der Waals surface area contributed by atoms with Crippen LogP contribution in [0.5, 0.6) is 0 Å². The fraction of sp³-hybridized carbons (Fsp3) is 0. The fourth-order valence-electron chi connectivity index (χ4n) is 2.30. The fourth-order valence-corrected chi connectivity index (χ4v) is 2.30. The number of hydrogen-bond donors (Lipinski definition) is 2. The largest absolute Gasteiger partial charge is 0.305 e. The van der Waals surface area contributed by atoms with Crippen LogP contribution >= 0.6 is 0 Å². The van der Waals surface area contributed by atoms with Gasteiger partial charge in [0, 0.05) is 29.6 Å². The number of tetrazole rings is 1. The Morgan fingerprint density at radius 3 is 2.60 bits per heavy atom. The zero-order valence-corrected chi connectivity index (χ0v) is 12.9. The van der Waals surface area contributed by atoms with Gasteiger partial charge in [0.05, 0.1) is 11.4 Å². The summed E-state index contributed by atoms with van der Waals surface area (Å²) in [7, 11) is 0. The van der Waals surface area contributed by atoms with E-state index in [0.717, 1.165) is 16.9 Å². The molecule has 25 heavy (non-hydrogen) atoms. The van der Waals surface area contributed by atoms with E-state index in [4.69, 9.17) is 0 Å². The SMILES string of the molecule is O=C(Nc1cc(-c2ccncc2)[nH]n1)c1ccc(-n2cnnn2)cc1. The first-order valence-corrected chi connectivity index (χ1v) is 7.40. The lowest BCUT2D eigenvalue weighted by Crippen LogP contribution is -2.12. The molecule has 0 saturated heterocycles. The van der Waals surface area contributed by atoms with Crippen LogP contribution in [0.25, 0.3) is 16.9 Å². The highest BCUT2D eigenvalue weighted by atomic mass is 16.1. The number of anilines is 1. The van der Waals surface area contributed by atoms with E-state index in [1.165, 1.54) is 11.0 Å². The number of amides is 1. The Labute approximate surface area is 141 Å². The summed E-state index contributed by atoms with van der Waals surface area (Å²) in [6, 6.07) is 12.4. The summed E-state index contributed by atoms with van der Waals surface area (Å²) >= 11 is 0. The first-order valence-electron chi connectivity index (χ1n) is 7.40. The third-order valence-electron chi connectivity index (χ3n) is 3.55. The molecule has 0 atom stereocenters. The van der Waals surface area contributed by atoms with Crippen molar-refractivity contribution >= 4 is 11.7 Å². The summed E-state index contributed by atoms with van der Waals surface area (Å²) in [5.41, 5.74) is 3.01. The van der Waals surface area contributed by atoms with Gasteiger partial charge < -0.3 is 5.32 Å². The van der Waals surface area contributed by atoms with Crippen molar-refractivity contribution in [2.45, 2.75) is 0 Å². The molecule has 0 radical (unpaired) electrons. The molecule has 0 fully saturated rings. The van der Waals surface area contributed by atoms with E-state index < -0.39 is 0 Å². The molecule has 9 heteroatoms. The average Bonchev–Trinajstić information content (AvgIpc) is 3.35. The summed E-state index contributed by atoms with van der Waals surface area (Å²) in [5, 5.41) is 20.7. The number of carbonyl (C=O) groups excluding carboxylic acids is 1. The minimum atomic E-state index is -0.254. The maximum Gasteiger partial charge on any atom is 0.256 e. The molecule has 0 saturated carbocycles. The Morgan fingerprint density at radius 2 is 1.88 bits per heavy atom. The number of rotatable bonds is 4. The molecular weight excluding hydrogens is 320 g/mol. The number of nitrogens with one attached hydrogen (secondary N) is 2. The zero-order valence-electron chi connectivity index (χ0n) is 12.9. The Balaban J connectivity index is 1.48. The van der Waals surface area contributed by atoms with Crippen molar-refractivity contribution in [3.05, 3.63) is 66.7 Å². The van der Waals surface area contributed by atoms with E-state index >= 15 is 0 Å². The molecular formula is C16H12N8O. The van der Waals surface area contributed by atoms with Gasteiger partial charge in [-0.25, -0.2) is 4.68 Å². The van der Waals surface area contributed by atoms with Gasteiger partial charge in [-0.1, -0.05) is 0 Å². The summed E-state index contributed by atoms with van der Waals surface area (Å²) in [4.78, 5) is 16.3. The topological polar surface area (TPSA) is 114 Å². The van der Waals surface area contributed by atoms with Crippen LogP contribution in [0, 0.1) is 0 Å². The number of benzene rings is 1. The standard InChI is InChI=1S/C16H12N8O/c25-16(12-1-3-13(4-2-12)24-10-18-22-23-24)19-15-9-14(20-21-15)11-5-7-17-8-6-11/h1-10H,(H2,19,20,21,25). The number of pyridine rings is 1. The molecule has 0 spiro atoms. The van der Waals surface area contributed by atoms with E-state index in [9.17, 15) is 4.79 Å². The maximum atomic E-state index is 12.3. The van der Waals surface area contributed by atoms with E-state index in [1.54, 1.807) is 42.7 Å². The molecule has 0 unspecified atom stereocenters. The van der Waals surface area contributed by atoms with Gasteiger partial charge in [0.2, 0.25) is 0 Å². The third kappa shape index (κ3) is 3.11. The van der Waals surface area contributed by atoms with Crippen molar-refractivity contribution in [1.29, 1.82) is 0 Å². The van der Waals surface area contributed by atoms with Crippen molar-refractivity contribution in [3.8, 4) is 16.9 Å². The highest BCUT2D eigenvalue weighted by molar-refractivity contribution is 6.04. The van der Waals surface area contributed by atoms with Crippen molar-refractivity contribution in [1.82, 2.24) is 35.4 Å². The predicted octanol–water partition coefficient (Wildman–Crippen LogP) is 1.70. The lowest BCUT2D eigenvalue weighted by Gasteiger charge is -2.03. The Hall–Kier alpha value is -3.88. The summed E-state index contributed by atoms with van der Waals surface area (Å²) in [6.07, 6.45) is 4.88. The van der Waals surface area contributed by atoms with E-state index in [-0.39, 0.29) is 5.91 Å². The van der Waals surface area contributed by atoms with Crippen LogP contribution in [0.4, 0.5) is 5.82 Å². The predicted molar refractivity (Wildman–Crippen MR) is 88.9 cm³/mol. The third-order valence-corrected chi connectivity index (χ3v) is 3.55. The Kier molecular flexibility index (Phi) is 3.71. The van der Waals surface area contributed by atoms with Gasteiger partial charge in [0.1, 0.15) is 6.33 Å². The lowest BCUT2D eigenvalue weighted by atomic mass is 10.2. The van der Waals surface area contributed by atoms with Crippen LogP contribution in [-0.4, -0.2) is 41.3 Å². The molecule has 122 valence electrons. The van der Waals surface area contributed by atoms with Gasteiger partial charge in [0.25, 0.3) is 5.91 Å². The molecule has 4 rings (SSSR count). The number of aromatic nitrogens is 7. The second-order valence-electron chi connectivity index (χ2n) is 5.16. The molecule has 0 bridgehead atoms. The molecule has 1 amide bonds. The van der Waals surface area contributed by atoms with Crippen LogP contribution in [-0.2, 0) is 0 Å². The van der Waals surface area contributed by atoms with Crippen molar-refractivity contribution in [2.24, 2.45) is 0 Å².